The van der Waals surface area contributed by atoms with E-state index in [0.717, 1.165) is 28.9 Å². The summed E-state index contributed by atoms with van der Waals surface area (Å²) in [5.41, 5.74) is 7.61. The fourth-order valence-electron chi connectivity index (χ4n) is 3.27. The van der Waals surface area contributed by atoms with E-state index >= 15 is 0 Å². The monoisotopic (exact) mass is 277 g/mol. The second-order valence-electron chi connectivity index (χ2n) is 6.16. The van der Waals surface area contributed by atoms with E-state index in [1.165, 1.54) is 19.3 Å². The third kappa shape index (κ3) is 3.09. The second kappa shape index (κ2) is 6.49. The normalized spacial score (nSPS) is 27.9. The van der Waals surface area contributed by atoms with Crippen LogP contribution >= 0.6 is 0 Å². The van der Waals surface area contributed by atoms with Gasteiger partial charge in [0.05, 0.1) is 14.2 Å². The molecule has 4 atom stereocenters. The molecule has 0 aliphatic heterocycles. The van der Waals surface area contributed by atoms with Crippen molar-refractivity contribution in [1.29, 1.82) is 0 Å². The molecule has 3 heteroatoms. The number of hydrogen-bond donors (Lipinski definition) is 1. The smallest absolute Gasteiger partial charge is 0.123 e. The van der Waals surface area contributed by atoms with Gasteiger partial charge in [-0.25, -0.2) is 0 Å². The first-order valence-corrected chi connectivity index (χ1v) is 7.54. The first-order valence-electron chi connectivity index (χ1n) is 7.54. The Balaban J connectivity index is 2.21. The van der Waals surface area contributed by atoms with Crippen LogP contribution in [-0.2, 0) is 0 Å². The fourth-order valence-corrected chi connectivity index (χ4v) is 3.27. The molecular weight excluding hydrogens is 250 g/mol. The molecule has 0 amide bonds. The quantitative estimate of drug-likeness (QED) is 0.911. The lowest BCUT2D eigenvalue weighted by Crippen LogP contribution is -2.29. The molecule has 0 bridgehead atoms. The van der Waals surface area contributed by atoms with Crippen molar-refractivity contribution < 1.29 is 9.47 Å². The van der Waals surface area contributed by atoms with Crippen molar-refractivity contribution in [2.75, 3.05) is 14.2 Å². The van der Waals surface area contributed by atoms with Crippen LogP contribution in [-0.4, -0.2) is 14.2 Å². The van der Waals surface area contributed by atoms with Crippen molar-refractivity contribution in [2.24, 2.45) is 23.5 Å². The van der Waals surface area contributed by atoms with Crippen LogP contribution in [0.1, 0.15) is 44.7 Å². The highest BCUT2D eigenvalue weighted by molar-refractivity contribution is 5.42. The first-order chi connectivity index (χ1) is 9.56. The third-order valence-electron chi connectivity index (χ3n) is 4.94. The minimum Gasteiger partial charge on any atom is -0.497 e. The number of rotatable bonds is 4. The highest BCUT2D eigenvalue weighted by Gasteiger charge is 2.30. The molecule has 1 aromatic rings. The third-order valence-corrected chi connectivity index (χ3v) is 4.94. The maximum atomic E-state index is 6.54. The van der Waals surface area contributed by atoms with Crippen LogP contribution in [0.5, 0.6) is 11.5 Å². The second-order valence-corrected chi connectivity index (χ2v) is 6.16. The molecule has 0 heterocycles. The van der Waals surface area contributed by atoms with Crippen LogP contribution < -0.4 is 15.2 Å². The summed E-state index contributed by atoms with van der Waals surface area (Å²) in [6.45, 7) is 4.69. The minimum atomic E-state index is 0.0231. The van der Waals surface area contributed by atoms with Gasteiger partial charge < -0.3 is 15.2 Å². The summed E-state index contributed by atoms with van der Waals surface area (Å²) in [5, 5.41) is 0. The van der Waals surface area contributed by atoms with Gasteiger partial charge in [-0.2, -0.15) is 0 Å². The predicted octanol–water partition coefficient (Wildman–Crippen LogP) is 3.78. The predicted molar refractivity (Wildman–Crippen MR) is 82.1 cm³/mol. The van der Waals surface area contributed by atoms with Crippen molar-refractivity contribution in [3.63, 3.8) is 0 Å². The Hall–Kier alpha value is -1.22. The average Bonchev–Trinajstić information content (AvgIpc) is 2.48. The lowest BCUT2D eigenvalue weighted by Gasteiger charge is -2.35. The fraction of sp³-hybridized carbons (Fsp3) is 0.647. The standard InChI is InChI=1S/C17H27NO2/c1-11-5-6-13(9-12(11)2)17(18)15-10-14(19-3)7-8-16(15)20-4/h7-8,10-13,17H,5-6,9,18H2,1-4H3. The molecule has 20 heavy (non-hydrogen) atoms. The molecule has 2 rings (SSSR count). The number of nitrogens with two attached hydrogens (primary N) is 1. The molecule has 4 unspecified atom stereocenters. The molecule has 2 N–H and O–H groups in total. The summed E-state index contributed by atoms with van der Waals surface area (Å²) in [6.07, 6.45) is 3.67. The van der Waals surface area contributed by atoms with Crippen molar-refractivity contribution in [3.8, 4) is 11.5 Å². The van der Waals surface area contributed by atoms with Gasteiger partial charge in [-0.1, -0.05) is 20.3 Å². The van der Waals surface area contributed by atoms with Gasteiger partial charge in [-0.3, -0.25) is 0 Å². The van der Waals surface area contributed by atoms with E-state index in [1.54, 1.807) is 14.2 Å². The van der Waals surface area contributed by atoms with E-state index in [9.17, 15) is 0 Å². The molecule has 1 saturated carbocycles. The number of benzene rings is 1. The largest absolute Gasteiger partial charge is 0.497 e. The molecule has 0 aromatic heterocycles. The lowest BCUT2D eigenvalue weighted by molar-refractivity contribution is 0.184. The van der Waals surface area contributed by atoms with Gasteiger partial charge in [-0.05, 0) is 48.8 Å². The van der Waals surface area contributed by atoms with E-state index in [-0.39, 0.29) is 6.04 Å². The Morgan fingerprint density at radius 1 is 1.10 bits per heavy atom. The van der Waals surface area contributed by atoms with Gasteiger partial charge in [0.15, 0.2) is 0 Å². The topological polar surface area (TPSA) is 44.5 Å². The minimum absolute atomic E-state index is 0.0231. The summed E-state index contributed by atoms with van der Waals surface area (Å²) >= 11 is 0. The Morgan fingerprint density at radius 3 is 2.45 bits per heavy atom. The summed E-state index contributed by atoms with van der Waals surface area (Å²) in [4.78, 5) is 0. The van der Waals surface area contributed by atoms with E-state index in [4.69, 9.17) is 15.2 Å². The van der Waals surface area contributed by atoms with Crippen LogP contribution in [0.3, 0.4) is 0 Å². The first kappa shape index (κ1) is 15.2. The summed E-state index contributed by atoms with van der Waals surface area (Å²) < 4.78 is 10.8. The number of ether oxygens (including phenoxy) is 2. The molecule has 1 aromatic carbocycles. The summed E-state index contributed by atoms with van der Waals surface area (Å²) in [5.74, 6) is 3.79. The van der Waals surface area contributed by atoms with Crippen LogP contribution in [0.15, 0.2) is 18.2 Å². The Kier molecular flexibility index (Phi) is 4.92. The molecular formula is C17H27NO2. The van der Waals surface area contributed by atoms with Crippen LogP contribution in [0.2, 0.25) is 0 Å². The Bertz CT molecular complexity index is 447. The van der Waals surface area contributed by atoms with Crippen molar-refractivity contribution in [3.05, 3.63) is 23.8 Å². The number of hydrogen-bond acceptors (Lipinski definition) is 3. The maximum Gasteiger partial charge on any atom is 0.123 e. The van der Waals surface area contributed by atoms with Gasteiger partial charge in [0.1, 0.15) is 11.5 Å². The molecule has 112 valence electrons. The van der Waals surface area contributed by atoms with Crippen LogP contribution in [0, 0.1) is 17.8 Å². The molecule has 1 aliphatic carbocycles. The summed E-state index contributed by atoms with van der Waals surface area (Å²) in [6, 6.07) is 5.91. The maximum absolute atomic E-state index is 6.54. The zero-order chi connectivity index (χ0) is 14.7. The van der Waals surface area contributed by atoms with Crippen LogP contribution in [0.25, 0.3) is 0 Å². The van der Waals surface area contributed by atoms with E-state index in [2.05, 4.69) is 13.8 Å². The molecule has 1 aliphatic rings. The molecule has 0 spiro atoms. The highest BCUT2D eigenvalue weighted by Crippen LogP contribution is 2.41. The van der Waals surface area contributed by atoms with Gasteiger partial charge in [0.25, 0.3) is 0 Å². The van der Waals surface area contributed by atoms with Crippen molar-refractivity contribution >= 4 is 0 Å². The van der Waals surface area contributed by atoms with Gasteiger partial charge in [-0.15, -0.1) is 0 Å². The van der Waals surface area contributed by atoms with E-state index in [0.29, 0.717) is 5.92 Å². The van der Waals surface area contributed by atoms with Crippen LogP contribution in [0.4, 0.5) is 0 Å². The van der Waals surface area contributed by atoms with Gasteiger partial charge >= 0.3 is 0 Å². The van der Waals surface area contributed by atoms with E-state index < -0.39 is 0 Å². The van der Waals surface area contributed by atoms with Crippen molar-refractivity contribution in [2.45, 2.75) is 39.2 Å². The molecule has 0 saturated heterocycles. The van der Waals surface area contributed by atoms with Gasteiger partial charge in [0, 0.05) is 11.6 Å². The van der Waals surface area contributed by atoms with Gasteiger partial charge in [0.2, 0.25) is 0 Å². The lowest BCUT2D eigenvalue weighted by atomic mass is 9.72. The molecule has 1 fully saturated rings. The zero-order valence-corrected chi connectivity index (χ0v) is 13.1. The Labute approximate surface area is 122 Å². The average molecular weight is 277 g/mol. The highest BCUT2D eigenvalue weighted by atomic mass is 16.5. The summed E-state index contributed by atoms with van der Waals surface area (Å²) in [7, 11) is 3.38. The Morgan fingerprint density at radius 2 is 1.85 bits per heavy atom. The zero-order valence-electron chi connectivity index (χ0n) is 13.1. The van der Waals surface area contributed by atoms with E-state index in [1.807, 2.05) is 18.2 Å². The number of methoxy groups -OCH3 is 2. The molecule has 3 nitrogen and oxygen atoms in total. The van der Waals surface area contributed by atoms with Crippen molar-refractivity contribution in [1.82, 2.24) is 0 Å². The molecule has 0 radical (unpaired) electrons. The SMILES string of the molecule is COc1ccc(OC)c(C(N)C2CCC(C)C(C)C2)c1.